The fraction of sp³-hybridized carbons (Fsp3) is 0.0800. The van der Waals surface area contributed by atoms with Crippen LogP contribution < -0.4 is 9.47 Å². The fourth-order valence-corrected chi connectivity index (χ4v) is 3.26. The van der Waals surface area contributed by atoms with Gasteiger partial charge in [-0.15, -0.1) is 0 Å². The lowest BCUT2D eigenvalue weighted by Crippen LogP contribution is -2.12. The van der Waals surface area contributed by atoms with Crippen LogP contribution in [0, 0.1) is 0 Å². The average molecular weight is 397 g/mol. The Hall–Kier alpha value is -3.99. The first kappa shape index (κ1) is 19.3. The van der Waals surface area contributed by atoms with Gasteiger partial charge in [0, 0.05) is 10.9 Å². The van der Waals surface area contributed by atoms with Crippen LogP contribution in [0.5, 0.6) is 11.5 Å². The number of Topliss-reactive ketones (excluding diaryl/α,β-unsaturated/α-hetero) is 1. The van der Waals surface area contributed by atoms with Gasteiger partial charge in [0.15, 0.2) is 5.78 Å². The quantitative estimate of drug-likeness (QED) is 0.259. The van der Waals surface area contributed by atoms with E-state index in [4.69, 9.17) is 14.5 Å². The summed E-state index contributed by atoms with van der Waals surface area (Å²) in [5.41, 5.74) is 2.91. The normalized spacial score (nSPS) is 10.6. The third-order valence-corrected chi connectivity index (χ3v) is 4.79. The molecule has 0 atom stereocenters. The van der Waals surface area contributed by atoms with E-state index in [0.29, 0.717) is 27.7 Å². The highest BCUT2D eigenvalue weighted by molar-refractivity contribution is 6.06. The minimum Gasteiger partial charge on any atom is -0.497 e. The molecule has 30 heavy (non-hydrogen) atoms. The second-order valence-electron chi connectivity index (χ2n) is 6.74. The molecule has 0 bridgehead atoms. The molecule has 4 rings (SSSR count). The maximum atomic E-state index is 13.1. The van der Waals surface area contributed by atoms with Crippen molar-refractivity contribution in [2.45, 2.75) is 6.92 Å². The minimum atomic E-state index is -0.544. The van der Waals surface area contributed by atoms with Crippen LogP contribution in [0.3, 0.4) is 0 Å². The number of carbonyl (C=O) groups is 2. The van der Waals surface area contributed by atoms with E-state index in [1.807, 2.05) is 48.5 Å². The number of rotatable bonds is 5. The number of para-hydroxylation sites is 2. The number of hydrogen-bond acceptors (Lipinski definition) is 5. The molecular weight excluding hydrogens is 378 g/mol. The number of benzene rings is 3. The summed E-state index contributed by atoms with van der Waals surface area (Å²) in [5, 5.41) is 0.681. The summed E-state index contributed by atoms with van der Waals surface area (Å²) in [7, 11) is 1.61. The van der Waals surface area contributed by atoms with Gasteiger partial charge in [-0.05, 0) is 55.5 Å². The van der Waals surface area contributed by atoms with Crippen LogP contribution in [0.25, 0.3) is 22.2 Å². The van der Waals surface area contributed by atoms with Crippen molar-refractivity contribution in [3.63, 3.8) is 0 Å². The van der Waals surface area contributed by atoms with E-state index >= 15 is 0 Å². The summed E-state index contributed by atoms with van der Waals surface area (Å²) < 4.78 is 10.8. The number of nitrogens with zero attached hydrogens (tertiary/aromatic N) is 1. The molecule has 0 saturated heterocycles. The second-order valence-corrected chi connectivity index (χ2v) is 6.74. The standard InChI is InChI=1S/C25H19NO4/c1-16(27)19-7-4-6-10-24(19)30-25(28)21-15-23(17-11-13-18(29-2)14-12-17)26-22-9-5-3-8-20(21)22/h3-15H,1-2H3. The molecule has 1 heterocycles. The first-order valence-corrected chi connectivity index (χ1v) is 9.43. The van der Waals surface area contributed by atoms with Crippen molar-refractivity contribution >= 4 is 22.7 Å². The van der Waals surface area contributed by atoms with Gasteiger partial charge in [-0.3, -0.25) is 4.79 Å². The molecule has 0 aliphatic carbocycles. The minimum absolute atomic E-state index is 0.170. The number of ketones is 1. The Kier molecular flexibility index (Phi) is 5.26. The smallest absolute Gasteiger partial charge is 0.344 e. The molecule has 1 aromatic heterocycles. The molecule has 0 fully saturated rings. The molecule has 148 valence electrons. The highest BCUT2D eigenvalue weighted by Crippen LogP contribution is 2.28. The Balaban J connectivity index is 1.79. The molecule has 0 saturated carbocycles. The lowest BCUT2D eigenvalue weighted by Gasteiger charge is -2.12. The number of pyridine rings is 1. The zero-order valence-electron chi connectivity index (χ0n) is 16.6. The van der Waals surface area contributed by atoms with Gasteiger partial charge < -0.3 is 9.47 Å². The molecule has 3 aromatic carbocycles. The summed E-state index contributed by atoms with van der Waals surface area (Å²) in [6, 6.07) is 23.3. The van der Waals surface area contributed by atoms with Gasteiger partial charge in [-0.25, -0.2) is 9.78 Å². The van der Waals surface area contributed by atoms with Gasteiger partial charge in [0.25, 0.3) is 0 Å². The SMILES string of the molecule is COc1ccc(-c2cc(C(=O)Oc3ccccc3C(C)=O)c3ccccc3n2)cc1. The van der Waals surface area contributed by atoms with Crippen LogP contribution in [0.2, 0.25) is 0 Å². The van der Waals surface area contributed by atoms with Crippen LogP contribution in [0.1, 0.15) is 27.6 Å². The number of esters is 1. The van der Waals surface area contributed by atoms with Gasteiger partial charge in [-0.1, -0.05) is 30.3 Å². The van der Waals surface area contributed by atoms with Crippen LogP contribution in [-0.4, -0.2) is 23.8 Å². The van der Waals surface area contributed by atoms with Crippen molar-refractivity contribution in [2.75, 3.05) is 7.11 Å². The van der Waals surface area contributed by atoms with Crippen LogP contribution in [-0.2, 0) is 0 Å². The Labute approximate surface area is 173 Å². The van der Waals surface area contributed by atoms with E-state index in [2.05, 4.69) is 0 Å². The molecule has 5 heteroatoms. The number of methoxy groups -OCH3 is 1. The van der Waals surface area contributed by atoms with Gasteiger partial charge >= 0.3 is 5.97 Å². The zero-order valence-corrected chi connectivity index (χ0v) is 16.6. The van der Waals surface area contributed by atoms with Crippen LogP contribution in [0.4, 0.5) is 0 Å². The molecule has 5 nitrogen and oxygen atoms in total. The molecule has 0 unspecified atom stereocenters. The number of hydrogen-bond donors (Lipinski definition) is 0. The lowest BCUT2D eigenvalue weighted by atomic mass is 10.0. The first-order chi connectivity index (χ1) is 14.6. The third-order valence-electron chi connectivity index (χ3n) is 4.79. The van der Waals surface area contributed by atoms with Crippen molar-refractivity contribution in [1.82, 2.24) is 4.98 Å². The van der Waals surface area contributed by atoms with Gasteiger partial charge in [-0.2, -0.15) is 0 Å². The van der Waals surface area contributed by atoms with E-state index in [0.717, 1.165) is 11.3 Å². The largest absolute Gasteiger partial charge is 0.497 e. The lowest BCUT2D eigenvalue weighted by molar-refractivity contribution is 0.0735. The zero-order chi connectivity index (χ0) is 21.1. The summed E-state index contributed by atoms with van der Waals surface area (Å²) in [5.74, 6) is 0.260. The number of carbonyl (C=O) groups excluding carboxylic acids is 2. The predicted molar refractivity (Wildman–Crippen MR) is 115 cm³/mol. The van der Waals surface area contributed by atoms with E-state index in [1.165, 1.54) is 6.92 Å². The van der Waals surface area contributed by atoms with Gasteiger partial charge in [0.05, 0.1) is 29.4 Å². The van der Waals surface area contributed by atoms with Gasteiger partial charge in [0.1, 0.15) is 11.5 Å². The molecule has 0 aliphatic heterocycles. The van der Waals surface area contributed by atoms with E-state index in [1.54, 1.807) is 37.4 Å². The summed E-state index contributed by atoms with van der Waals surface area (Å²) in [4.78, 5) is 29.7. The molecule has 0 amide bonds. The topological polar surface area (TPSA) is 65.5 Å². The van der Waals surface area contributed by atoms with Crippen molar-refractivity contribution in [3.8, 4) is 22.8 Å². The monoisotopic (exact) mass is 397 g/mol. The van der Waals surface area contributed by atoms with Gasteiger partial charge in [0.2, 0.25) is 0 Å². The summed E-state index contributed by atoms with van der Waals surface area (Å²) in [6.45, 7) is 1.44. The Morgan fingerprint density at radius 2 is 1.53 bits per heavy atom. The number of fused-ring (bicyclic) bond motifs is 1. The molecule has 0 aliphatic rings. The molecule has 0 spiro atoms. The number of ether oxygens (including phenoxy) is 2. The highest BCUT2D eigenvalue weighted by Gasteiger charge is 2.18. The van der Waals surface area contributed by atoms with E-state index in [-0.39, 0.29) is 11.5 Å². The summed E-state index contributed by atoms with van der Waals surface area (Å²) >= 11 is 0. The van der Waals surface area contributed by atoms with E-state index in [9.17, 15) is 9.59 Å². The first-order valence-electron chi connectivity index (χ1n) is 9.43. The Morgan fingerprint density at radius 1 is 0.833 bits per heavy atom. The molecule has 0 N–H and O–H groups in total. The van der Waals surface area contributed by atoms with Crippen LogP contribution >= 0.6 is 0 Å². The van der Waals surface area contributed by atoms with Crippen molar-refractivity contribution in [1.29, 1.82) is 0 Å². The fourth-order valence-electron chi connectivity index (χ4n) is 3.26. The average Bonchev–Trinajstić information content (AvgIpc) is 2.78. The Bertz CT molecular complexity index is 1250. The maximum absolute atomic E-state index is 13.1. The van der Waals surface area contributed by atoms with Crippen molar-refractivity contribution in [2.24, 2.45) is 0 Å². The molecule has 0 radical (unpaired) electrons. The predicted octanol–water partition coefficient (Wildman–Crippen LogP) is 5.33. The van der Waals surface area contributed by atoms with E-state index < -0.39 is 5.97 Å². The Morgan fingerprint density at radius 3 is 2.27 bits per heavy atom. The number of aromatic nitrogens is 1. The highest BCUT2D eigenvalue weighted by atomic mass is 16.5. The van der Waals surface area contributed by atoms with Crippen molar-refractivity contribution < 1.29 is 19.1 Å². The molecular formula is C25H19NO4. The van der Waals surface area contributed by atoms with Crippen LogP contribution in [0.15, 0.2) is 78.9 Å². The second kappa shape index (κ2) is 8.17. The maximum Gasteiger partial charge on any atom is 0.344 e. The van der Waals surface area contributed by atoms with Crippen molar-refractivity contribution in [3.05, 3.63) is 90.0 Å². The summed E-state index contributed by atoms with van der Waals surface area (Å²) in [6.07, 6.45) is 0. The third kappa shape index (κ3) is 3.78. The molecule has 4 aromatic rings.